The summed E-state index contributed by atoms with van der Waals surface area (Å²) in [6, 6.07) is 0.160. The number of aryl methyl sites for hydroxylation is 2. The summed E-state index contributed by atoms with van der Waals surface area (Å²) in [6.45, 7) is 6.98. The smallest absolute Gasteiger partial charge is 0.129 e. The largest absolute Gasteiger partial charge is 0.381 e. The molecule has 1 aromatic heterocycles. The normalized spacial score (nSPS) is 18.2. The molecule has 1 aromatic rings. The fraction of sp³-hybridized carbons (Fsp3) is 0.800. The molecule has 0 amide bonds. The molecule has 1 atom stereocenters. The fourth-order valence-corrected chi connectivity index (χ4v) is 3.13. The third kappa shape index (κ3) is 3.52. The van der Waals surface area contributed by atoms with Crippen LogP contribution >= 0.6 is 0 Å². The van der Waals surface area contributed by atoms with E-state index in [0.29, 0.717) is 5.92 Å². The molecule has 2 heterocycles. The molecule has 0 saturated carbocycles. The van der Waals surface area contributed by atoms with Crippen LogP contribution < -0.4 is 10.6 Å². The van der Waals surface area contributed by atoms with Gasteiger partial charge in [-0.05, 0) is 39.0 Å². The zero-order chi connectivity index (χ0) is 14.7. The first kappa shape index (κ1) is 15.3. The summed E-state index contributed by atoms with van der Waals surface area (Å²) in [4.78, 5) is 2.34. The Kier molecular flexibility index (Phi) is 5.05. The summed E-state index contributed by atoms with van der Waals surface area (Å²) in [6.07, 6.45) is 3.20. The summed E-state index contributed by atoms with van der Waals surface area (Å²) in [5, 5.41) is 4.57. The monoisotopic (exact) mass is 280 g/mol. The van der Waals surface area contributed by atoms with Crippen LogP contribution in [0, 0.1) is 12.8 Å². The molecular formula is C15H28N4O. The predicted molar refractivity (Wildman–Crippen MR) is 82.1 cm³/mol. The summed E-state index contributed by atoms with van der Waals surface area (Å²) in [7, 11) is 4.18. The standard InChI is InChI=1S/C15H28N4O/c1-11(16)9-14-12(2)17-19(4)15(14)18(3)10-13-5-7-20-8-6-13/h11,13H,5-10,16H2,1-4H3. The number of nitrogens with zero attached hydrogens (tertiary/aromatic N) is 3. The van der Waals surface area contributed by atoms with Crippen LogP contribution in [0.2, 0.25) is 0 Å². The van der Waals surface area contributed by atoms with E-state index >= 15 is 0 Å². The Balaban J connectivity index is 2.13. The first-order valence-electron chi connectivity index (χ1n) is 7.56. The highest BCUT2D eigenvalue weighted by Crippen LogP contribution is 2.26. The van der Waals surface area contributed by atoms with Crippen molar-refractivity contribution < 1.29 is 4.74 Å². The highest BCUT2D eigenvalue weighted by molar-refractivity contribution is 5.50. The molecule has 114 valence electrons. The van der Waals surface area contributed by atoms with E-state index in [1.807, 2.05) is 11.7 Å². The SMILES string of the molecule is Cc1nn(C)c(N(C)CC2CCOCC2)c1CC(C)N. The molecule has 5 nitrogen and oxygen atoms in total. The van der Waals surface area contributed by atoms with Crippen molar-refractivity contribution in [3.8, 4) is 0 Å². The first-order valence-corrected chi connectivity index (χ1v) is 7.56. The summed E-state index contributed by atoms with van der Waals surface area (Å²) in [5.41, 5.74) is 8.37. The van der Waals surface area contributed by atoms with Crippen molar-refractivity contribution in [1.82, 2.24) is 9.78 Å². The first-order chi connectivity index (χ1) is 9.49. The Morgan fingerprint density at radius 1 is 1.45 bits per heavy atom. The second-order valence-electron chi connectivity index (χ2n) is 6.13. The quantitative estimate of drug-likeness (QED) is 0.887. The van der Waals surface area contributed by atoms with Crippen LogP contribution in [-0.2, 0) is 18.2 Å². The Bertz CT molecular complexity index is 435. The molecule has 0 radical (unpaired) electrons. The van der Waals surface area contributed by atoms with Gasteiger partial charge in [-0.25, -0.2) is 0 Å². The lowest BCUT2D eigenvalue weighted by Gasteiger charge is -2.29. The Morgan fingerprint density at radius 2 is 2.10 bits per heavy atom. The van der Waals surface area contributed by atoms with Gasteiger partial charge in [-0.2, -0.15) is 5.10 Å². The van der Waals surface area contributed by atoms with Crippen molar-refractivity contribution in [2.75, 3.05) is 31.7 Å². The van der Waals surface area contributed by atoms with Gasteiger partial charge in [-0.3, -0.25) is 4.68 Å². The van der Waals surface area contributed by atoms with E-state index in [0.717, 1.165) is 44.7 Å². The molecule has 20 heavy (non-hydrogen) atoms. The summed E-state index contributed by atoms with van der Waals surface area (Å²) >= 11 is 0. The van der Waals surface area contributed by atoms with Crippen LogP contribution in [0.3, 0.4) is 0 Å². The highest BCUT2D eigenvalue weighted by atomic mass is 16.5. The molecule has 1 aliphatic heterocycles. The molecule has 1 aliphatic rings. The molecule has 2 N–H and O–H groups in total. The van der Waals surface area contributed by atoms with Gasteiger partial charge in [-0.1, -0.05) is 0 Å². The van der Waals surface area contributed by atoms with Crippen LogP contribution in [0.4, 0.5) is 5.82 Å². The van der Waals surface area contributed by atoms with Gasteiger partial charge in [0.25, 0.3) is 0 Å². The fourth-order valence-electron chi connectivity index (χ4n) is 3.13. The van der Waals surface area contributed by atoms with Crippen LogP contribution in [0.25, 0.3) is 0 Å². The maximum atomic E-state index is 5.98. The second-order valence-corrected chi connectivity index (χ2v) is 6.13. The zero-order valence-electron chi connectivity index (χ0n) is 13.2. The van der Waals surface area contributed by atoms with Gasteiger partial charge in [0, 0.05) is 45.5 Å². The van der Waals surface area contributed by atoms with Crippen LogP contribution in [0.15, 0.2) is 0 Å². The van der Waals surface area contributed by atoms with Gasteiger partial charge in [0.2, 0.25) is 0 Å². The lowest BCUT2D eigenvalue weighted by Crippen LogP contribution is -2.31. The van der Waals surface area contributed by atoms with Crippen LogP contribution in [0.1, 0.15) is 31.0 Å². The minimum absolute atomic E-state index is 0.160. The van der Waals surface area contributed by atoms with E-state index < -0.39 is 0 Å². The van der Waals surface area contributed by atoms with Crippen molar-refractivity contribution in [1.29, 1.82) is 0 Å². The van der Waals surface area contributed by atoms with E-state index in [2.05, 4.69) is 30.9 Å². The van der Waals surface area contributed by atoms with E-state index in [1.165, 1.54) is 11.4 Å². The zero-order valence-corrected chi connectivity index (χ0v) is 13.2. The third-order valence-electron chi connectivity index (χ3n) is 4.07. The number of rotatable bonds is 5. The topological polar surface area (TPSA) is 56.3 Å². The maximum Gasteiger partial charge on any atom is 0.129 e. The number of hydrogen-bond acceptors (Lipinski definition) is 4. The van der Waals surface area contributed by atoms with E-state index in [-0.39, 0.29) is 6.04 Å². The molecule has 5 heteroatoms. The van der Waals surface area contributed by atoms with E-state index in [4.69, 9.17) is 10.5 Å². The lowest BCUT2D eigenvalue weighted by atomic mass is 9.99. The molecular weight excluding hydrogens is 252 g/mol. The van der Waals surface area contributed by atoms with E-state index in [1.54, 1.807) is 0 Å². The summed E-state index contributed by atoms with van der Waals surface area (Å²) in [5.74, 6) is 1.93. The Morgan fingerprint density at radius 3 is 2.70 bits per heavy atom. The van der Waals surface area contributed by atoms with Crippen molar-refractivity contribution in [2.24, 2.45) is 18.7 Å². The van der Waals surface area contributed by atoms with Gasteiger partial charge in [-0.15, -0.1) is 0 Å². The molecule has 2 rings (SSSR count). The molecule has 1 saturated heterocycles. The number of nitrogens with two attached hydrogens (primary N) is 1. The number of ether oxygens (including phenoxy) is 1. The molecule has 0 aliphatic carbocycles. The minimum Gasteiger partial charge on any atom is -0.381 e. The Hall–Kier alpha value is -1.07. The van der Waals surface area contributed by atoms with Gasteiger partial charge in [0.1, 0.15) is 5.82 Å². The summed E-state index contributed by atoms with van der Waals surface area (Å²) < 4.78 is 7.43. The predicted octanol–water partition coefficient (Wildman–Crippen LogP) is 1.48. The lowest BCUT2D eigenvalue weighted by molar-refractivity contribution is 0.0684. The van der Waals surface area contributed by atoms with Crippen molar-refractivity contribution in [2.45, 2.75) is 39.2 Å². The number of anilines is 1. The number of aromatic nitrogens is 2. The highest BCUT2D eigenvalue weighted by Gasteiger charge is 2.21. The molecule has 1 fully saturated rings. The molecule has 1 unspecified atom stereocenters. The van der Waals surface area contributed by atoms with Crippen LogP contribution in [-0.4, -0.2) is 42.6 Å². The average molecular weight is 280 g/mol. The van der Waals surface area contributed by atoms with Gasteiger partial charge in [0.05, 0.1) is 5.69 Å². The molecule has 0 spiro atoms. The average Bonchev–Trinajstić information content (AvgIpc) is 2.64. The molecule has 0 aromatic carbocycles. The van der Waals surface area contributed by atoms with Crippen molar-refractivity contribution in [3.05, 3.63) is 11.3 Å². The van der Waals surface area contributed by atoms with E-state index in [9.17, 15) is 0 Å². The maximum absolute atomic E-state index is 5.98. The minimum atomic E-state index is 0.160. The second kappa shape index (κ2) is 6.59. The Labute approximate surface area is 122 Å². The van der Waals surface area contributed by atoms with Crippen molar-refractivity contribution in [3.63, 3.8) is 0 Å². The third-order valence-corrected chi connectivity index (χ3v) is 4.07. The molecule has 0 bridgehead atoms. The van der Waals surface area contributed by atoms with Crippen LogP contribution in [0.5, 0.6) is 0 Å². The van der Waals surface area contributed by atoms with Gasteiger partial charge >= 0.3 is 0 Å². The van der Waals surface area contributed by atoms with Crippen molar-refractivity contribution >= 4 is 5.82 Å². The number of hydrogen-bond donors (Lipinski definition) is 1. The van der Waals surface area contributed by atoms with Gasteiger partial charge in [0.15, 0.2) is 0 Å². The van der Waals surface area contributed by atoms with Gasteiger partial charge < -0.3 is 15.4 Å².